The van der Waals surface area contributed by atoms with E-state index >= 15 is 0 Å². The summed E-state index contributed by atoms with van der Waals surface area (Å²) >= 11 is 3.61. The Bertz CT molecular complexity index is 1320. The molecule has 1 aromatic heterocycles. The van der Waals surface area contributed by atoms with Gasteiger partial charge in [-0.1, -0.05) is 52.3 Å². The molecule has 5 nitrogen and oxygen atoms in total. The van der Waals surface area contributed by atoms with Gasteiger partial charge in [-0.25, -0.2) is 0 Å². The number of rotatable bonds is 3. The highest BCUT2D eigenvalue weighted by molar-refractivity contribution is 9.10. The van der Waals surface area contributed by atoms with E-state index in [1.54, 1.807) is 0 Å². The molecule has 0 saturated carbocycles. The van der Waals surface area contributed by atoms with Crippen molar-refractivity contribution < 1.29 is 4.74 Å². The van der Waals surface area contributed by atoms with E-state index < -0.39 is 10.9 Å². The Morgan fingerprint density at radius 2 is 1.56 bits per heavy atom. The largest absolute Gasteiger partial charge is 0.438 e. The SMILES string of the molecule is N#Cc1c(N)nc2c(c1N)C([S+](c1ccccc1)c1ccccc1)c1cc(Br)ccc1O2. The third-order valence-electron chi connectivity index (χ3n) is 5.33. The number of pyridine rings is 1. The van der Waals surface area contributed by atoms with Crippen LogP contribution in [0.5, 0.6) is 11.6 Å². The molecule has 4 N–H and O–H groups in total. The highest BCUT2D eigenvalue weighted by Gasteiger charge is 2.46. The van der Waals surface area contributed by atoms with E-state index in [4.69, 9.17) is 16.2 Å². The van der Waals surface area contributed by atoms with Crippen LogP contribution in [0.25, 0.3) is 0 Å². The fraction of sp³-hybridized carbons (Fsp3) is 0.0400. The number of nitrogen functional groups attached to an aromatic ring is 2. The Morgan fingerprint density at radius 3 is 2.16 bits per heavy atom. The molecule has 0 saturated heterocycles. The van der Waals surface area contributed by atoms with E-state index in [2.05, 4.69) is 57.3 Å². The van der Waals surface area contributed by atoms with Crippen molar-refractivity contribution in [3.05, 3.63) is 100 Å². The van der Waals surface area contributed by atoms with Crippen LogP contribution >= 0.6 is 15.9 Å². The van der Waals surface area contributed by atoms with Crippen molar-refractivity contribution >= 4 is 38.3 Å². The Balaban J connectivity index is 1.86. The minimum atomic E-state index is -0.467. The minimum Gasteiger partial charge on any atom is -0.438 e. The first-order chi connectivity index (χ1) is 15.6. The molecule has 0 amide bonds. The summed E-state index contributed by atoms with van der Waals surface area (Å²) in [7, 11) is -0.467. The van der Waals surface area contributed by atoms with E-state index in [1.807, 2.05) is 48.5 Å². The number of nitrogens with zero attached hydrogens (tertiary/aromatic N) is 2. The number of nitrogens with two attached hydrogens (primary N) is 2. The summed E-state index contributed by atoms with van der Waals surface area (Å²) < 4.78 is 7.08. The minimum absolute atomic E-state index is 0.0716. The maximum absolute atomic E-state index is 9.70. The van der Waals surface area contributed by atoms with E-state index in [-0.39, 0.29) is 16.6 Å². The first-order valence-electron chi connectivity index (χ1n) is 9.88. The van der Waals surface area contributed by atoms with Crippen molar-refractivity contribution in [2.24, 2.45) is 0 Å². The van der Waals surface area contributed by atoms with Crippen molar-refractivity contribution in [3.63, 3.8) is 0 Å². The van der Waals surface area contributed by atoms with Gasteiger partial charge in [0.2, 0.25) is 5.88 Å². The summed E-state index contributed by atoms with van der Waals surface area (Å²) in [6.45, 7) is 0. The van der Waals surface area contributed by atoms with Crippen LogP contribution in [0.4, 0.5) is 11.5 Å². The molecule has 2 heterocycles. The van der Waals surface area contributed by atoms with Gasteiger partial charge in [0.15, 0.2) is 15.0 Å². The fourth-order valence-electron chi connectivity index (χ4n) is 3.93. The van der Waals surface area contributed by atoms with Gasteiger partial charge >= 0.3 is 0 Å². The van der Waals surface area contributed by atoms with Crippen LogP contribution in [0, 0.1) is 11.3 Å². The van der Waals surface area contributed by atoms with Crippen LogP contribution < -0.4 is 16.2 Å². The van der Waals surface area contributed by atoms with Crippen molar-refractivity contribution in [2.45, 2.75) is 15.0 Å². The number of hydrogen-bond acceptors (Lipinski definition) is 5. The molecule has 32 heavy (non-hydrogen) atoms. The molecular weight excluding hydrogens is 484 g/mol. The number of anilines is 2. The highest BCUT2D eigenvalue weighted by Crippen LogP contribution is 2.54. The smallest absolute Gasteiger partial charge is 0.232 e. The number of halogens is 1. The zero-order valence-corrected chi connectivity index (χ0v) is 19.2. The normalized spacial score (nSPS) is 14.2. The Morgan fingerprint density at radius 1 is 0.938 bits per heavy atom. The molecule has 156 valence electrons. The van der Waals surface area contributed by atoms with Crippen LogP contribution in [-0.2, 0) is 10.9 Å². The first kappa shape index (κ1) is 20.4. The number of benzene rings is 3. The van der Waals surface area contributed by atoms with Gasteiger partial charge in [-0.2, -0.15) is 10.2 Å². The molecule has 4 aromatic rings. The predicted molar refractivity (Wildman–Crippen MR) is 131 cm³/mol. The standard InChI is InChI=1S/C25H18BrN4OS/c26-15-11-12-20-18(13-15)23(21-22(28)19(14-27)24(29)30-25(21)31-20)32(16-7-3-1-4-8-16)17-9-5-2-6-10-17/h1-13,23H,(H4,28,29,30)/q+1. The second-order valence-corrected chi connectivity index (χ2v) is 10.2. The molecule has 3 aromatic carbocycles. The van der Waals surface area contributed by atoms with Gasteiger partial charge in [-0.05, 0) is 42.5 Å². The van der Waals surface area contributed by atoms with Crippen LogP contribution in [0.3, 0.4) is 0 Å². The number of aromatic nitrogens is 1. The first-order valence-corrected chi connectivity index (χ1v) is 12.0. The summed E-state index contributed by atoms with van der Waals surface area (Å²) in [5.41, 5.74) is 14.8. The lowest BCUT2D eigenvalue weighted by atomic mass is 9.98. The second kappa shape index (κ2) is 8.23. The third kappa shape index (κ3) is 3.38. The molecular formula is C25H18BrN4OS+. The van der Waals surface area contributed by atoms with Gasteiger partial charge in [0.1, 0.15) is 23.2 Å². The summed E-state index contributed by atoms with van der Waals surface area (Å²) in [4.78, 5) is 6.73. The molecule has 0 aliphatic carbocycles. The molecule has 7 heteroatoms. The molecule has 5 rings (SSSR count). The molecule has 1 unspecified atom stereocenters. The second-order valence-electron chi connectivity index (χ2n) is 7.24. The van der Waals surface area contributed by atoms with Crippen LogP contribution in [-0.4, -0.2) is 4.98 Å². The fourth-order valence-corrected chi connectivity index (χ4v) is 6.92. The van der Waals surface area contributed by atoms with Crippen LogP contribution in [0.2, 0.25) is 0 Å². The number of fused-ring (bicyclic) bond motifs is 2. The maximum Gasteiger partial charge on any atom is 0.232 e. The number of nitriles is 1. The Kier molecular flexibility index (Phi) is 5.25. The average molecular weight is 502 g/mol. The lowest BCUT2D eigenvalue weighted by Gasteiger charge is -2.29. The van der Waals surface area contributed by atoms with Crippen LogP contribution in [0.15, 0.2) is 93.1 Å². The predicted octanol–water partition coefficient (Wildman–Crippen LogP) is 5.81. The van der Waals surface area contributed by atoms with Gasteiger partial charge in [0.25, 0.3) is 0 Å². The van der Waals surface area contributed by atoms with Gasteiger partial charge in [-0.15, -0.1) is 0 Å². The molecule has 1 atom stereocenters. The number of hydrogen-bond donors (Lipinski definition) is 2. The molecule has 1 aliphatic heterocycles. The van der Waals surface area contributed by atoms with E-state index in [0.717, 1.165) is 19.8 Å². The van der Waals surface area contributed by atoms with Gasteiger partial charge in [0, 0.05) is 4.47 Å². The van der Waals surface area contributed by atoms with Crippen LogP contribution in [0.1, 0.15) is 21.9 Å². The lowest BCUT2D eigenvalue weighted by Crippen LogP contribution is -2.23. The molecule has 0 bridgehead atoms. The van der Waals surface area contributed by atoms with E-state index in [9.17, 15) is 5.26 Å². The molecule has 0 fully saturated rings. The lowest BCUT2D eigenvalue weighted by molar-refractivity contribution is 0.440. The van der Waals surface area contributed by atoms with Crippen molar-refractivity contribution in [1.82, 2.24) is 4.98 Å². The molecule has 0 spiro atoms. The van der Waals surface area contributed by atoms with Crippen molar-refractivity contribution in [3.8, 4) is 17.7 Å². The summed E-state index contributed by atoms with van der Waals surface area (Å²) in [6, 6.07) is 28.6. The molecule has 1 aliphatic rings. The van der Waals surface area contributed by atoms with Crippen molar-refractivity contribution in [1.29, 1.82) is 5.26 Å². The quantitative estimate of drug-likeness (QED) is 0.345. The van der Waals surface area contributed by atoms with E-state index in [0.29, 0.717) is 22.9 Å². The summed E-state index contributed by atoms with van der Waals surface area (Å²) in [6.07, 6.45) is 0. The highest BCUT2D eigenvalue weighted by atomic mass is 79.9. The third-order valence-corrected chi connectivity index (χ3v) is 8.35. The average Bonchev–Trinajstić information content (AvgIpc) is 2.81. The monoisotopic (exact) mass is 501 g/mol. The molecule has 0 radical (unpaired) electrons. The number of ether oxygens (including phenoxy) is 1. The van der Waals surface area contributed by atoms with E-state index in [1.165, 1.54) is 0 Å². The van der Waals surface area contributed by atoms with Gasteiger partial charge in [-0.3, -0.25) is 0 Å². The maximum atomic E-state index is 9.70. The Labute approximate surface area is 197 Å². The topological polar surface area (TPSA) is 98.0 Å². The van der Waals surface area contributed by atoms with Gasteiger partial charge in [0.05, 0.1) is 27.7 Å². The zero-order chi connectivity index (χ0) is 22.2. The Hall–Kier alpha value is -3.47. The summed E-state index contributed by atoms with van der Waals surface area (Å²) in [5.74, 6) is 1.12. The zero-order valence-electron chi connectivity index (χ0n) is 16.8. The van der Waals surface area contributed by atoms with Gasteiger partial charge < -0.3 is 16.2 Å². The van der Waals surface area contributed by atoms with Crippen molar-refractivity contribution in [2.75, 3.05) is 11.5 Å². The summed E-state index contributed by atoms with van der Waals surface area (Å²) in [5, 5.41) is 9.49.